The van der Waals surface area contributed by atoms with Crippen molar-refractivity contribution >= 4 is 17.3 Å². The zero-order chi connectivity index (χ0) is 14.2. The van der Waals surface area contributed by atoms with Crippen molar-refractivity contribution in [3.63, 3.8) is 0 Å². The van der Waals surface area contributed by atoms with E-state index in [0.29, 0.717) is 5.92 Å². The molecule has 3 rings (SSSR count). The molecule has 1 aromatic rings. The van der Waals surface area contributed by atoms with E-state index in [2.05, 4.69) is 22.3 Å². The molecule has 20 heavy (non-hydrogen) atoms. The smallest absolute Gasteiger partial charge is 0.244 e. The molecular weight excluding hydrogens is 250 g/mol. The second-order valence-corrected chi connectivity index (χ2v) is 6.25. The van der Waals surface area contributed by atoms with Crippen molar-refractivity contribution < 1.29 is 4.79 Å². The average molecular weight is 273 g/mol. The molecule has 4 heteroatoms. The van der Waals surface area contributed by atoms with Gasteiger partial charge in [-0.1, -0.05) is 0 Å². The molecule has 0 bridgehead atoms. The highest BCUT2D eigenvalue weighted by atomic mass is 16.2. The first kappa shape index (κ1) is 13.4. The van der Waals surface area contributed by atoms with E-state index in [9.17, 15) is 4.79 Å². The van der Waals surface area contributed by atoms with E-state index in [1.807, 2.05) is 19.1 Å². The summed E-state index contributed by atoms with van der Waals surface area (Å²) in [5.41, 5.74) is 7.44. The number of carbonyl (C=O) groups is 1. The number of nitrogens with zero attached hydrogens (tertiary/aromatic N) is 1. The van der Waals surface area contributed by atoms with Crippen LogP contribution in [-0.2, 0) is 4.79 Å². The molecule has 1 aliphatic carbocycles. The topological polar surface area (TPSA) is 58.4 Å². The maximum atomic E-state index is 12.2. The SMILES string of the molecule is CC(N)(C(=O)Nc1ccc(N2CCCC2)cc1)C1CC1. The van der Waals surface area contributed by atoms with Crippen molar-refractivity contribution in [2.45, 2.75) is 38.1 Å². The summed E-state index contributed by atoms with van der Waals surface area (Å²) in [7, 11) is 0. The van der Waals surface area contributed by atoms with Gasteiger partial charge in [0.2, 0.25) is 5.91 Å². The number of hydrogen-bond donors (Lipinski definition) is 2. The first-order valence-electron chi connectivity index (χ1n) is 7.53. The van der Waals surface area contributed by atoms with E-state index in [0.717, 1.165) is 31.6 Å². The summed E-state index contributed by atoms with van der Waals surface area (Å²) in [6, 6.07) is 8.08. The van der Waals surface area contributed by atoms with Gasteiger partial charge in [0, 0.05) is 24.5 Å². The fourth-order valence-corrected chi connectivity index (χ4v) is 2.87. The third-order valence-corrected chi connectivity index (χ3v) is 4.51. The van der Waals surface area contributed by atoms with Crippen molar-refractivity contribution in [1.82, 2.24) is 0 Å². The Balaban J connectivity index is 1.64. The predicted octanol–water partition coefficient (Wildman–Crippen LogP) is 2.35. The summed E-state index contributed by atoms with van der Waals surface area (Å²) >= 11 is 0. The standard InChI is InChI=1S/C16H23N3O/c1-16(17,12-4-5-12)15(20)18-13-6-8-14(9-7-13)19-10-2-3-11-19/h6-9,12H,2-5,10-11,17H2,1H3,(H,18,20). The predicted molar refractivity (Wildman–Crippen MR) is 81.8 cm³/mol. The highest BCUT2D eigenvalue weighted by Crippen LogP contribution is 2.38. The van der Waals surface area contributed by atoms with Crippen LogP contribution in [0.25, 0.3) is 0 Å². The maximum absolute atomic E-state index is 12.2. The van der Waals surface area contributed by atoms with Crippen LogP contribution in [0.15, 0.2) is 24.3 Å². The van der Waals surface area contributed by atoms with E-state index >= 15 is 0 Å². The fourth-order valence-electron chi connectivity index (χ4n) is 2.87. The molecule has 0 radical (unpaired) electrons. The van der Waals surface area contributed by atoms with Crippen LogP contribution >= 0.6 is 0 Å². The third-order valence-electron chi connectivity index (χ3n) is 4.51. The Kier molecular flexibility index (Phi) is 3.42. The Bertz CT molecular complexity index is 485. The van der Waals surface area contributed by atoms with Gasteiger partial charge < -0.3 is 16.0 Å². The summed E-state index contributed by atoms with van der Waals surface area (Å²) in [6.45, 7) is 4.10. The van der Waals surface area contributed by atoms with Crippen molar-refractivity contribution in [3.8, 4) is 0 Å². The fraction of sp³-hybridized carbons (Fsp3) is 0.562. The summed E-state index contributed by atoms with van der Waals surface area (Å²) in [5.74, 6) is 0.264. The molecule has 2 aliphatic rings. The molecule has 1 unspecified atom stereocenters. The number of benzene rings is 1. The van der Waals surface area contributed by atoms with Gasteiger partial charge in [0.15, 0.2) is 0 Å². The Hall–Kier alpha value is -1.55. The van der Waals surface area contributed by atoms with E-state index in [4.69, 9.17) is 5.73 Å². The van der Waals surface area contributed by atoms with Gasteiger partial charge in [-0.25, -0.2) is 0 Å². The minimum Gasteiger partial charge on any atom is -0.372 e. The highest BCUT2D eigenvalue weighted by molar-refractivity contribution is 5.98. The van der Waals surface area contributed by atoms with Crippen LogP contribution < -0.4 is 16.0 Å². The lowest BCUT2D eigenvalue weighted by molar-refractivity contribution is -0.121. The number of amides is 1. The maximum Gasteiger partial charge on any atom is 0.244 e. The summed E-state index contributed by atoms with van der Waals surface area (Å²) < 4.78 is 0. The van der Waals surface area contributed by atoms with E-state index in [-0.39, 0.29) is 5.91 Å². The molecule has 1 atom stereocenters. The monoisotopic (exact) mass is 273 g/mol. The van der Waals surface area contributed by atoms with Crippen LogP contribution in [0.1, 0.15) is 32.6 Å². The highest BCUT2D eigenvalue weighted by Gasteiger charge is 2.44. The van der Waals surface area contributed by atoms with Gasteiger partial charge >= 0.3 is 0 Å². The first-order chi connectivity index (χ1) is 9.57. The molecule has 2 fully saturated rings. The van der Waals surface area contributed by atoms with Gasteiger partial charge in [0.1, 0.15) is 0 Å². The Morgan fingerprint density at radius 3 is 2.40 bits per heavy atom. The number of nitrogens with two attached hydrogens (primary N) is 1. The lowest BCUT2D eigenvalue weighted by Gasteiger charge is -2.23. The van der Waals surface area contributed by atoms with Crippen LogP contribution in [-0.4, -0.2) is 24.5 Å². The van der Waals surface area contributed by atoms with Crippen LogP contribution in [0.3, 0.4) is 0 Å². The van der Waals surface area contributed by atoms with Crippen LogP contribution in [0, 0.1) is 5.92 Å². The number of anilines is 2. The molecule has 108 valence electrons. The van der Waals surface area contributed by atoms with Gasteiger partial charge in [-0.2, -0.15) is 0 Å². The molecule has 3 N–H and O–H groups in total. The largest absolute Gasteiger partial charge is 0.372 e. The summed E-state index contributed by atoms with van der Waals surface area (Å²) in [6.07, 6.45) is 4.67. The minimum absolute atomic E-state index is 0.0751. The van der Waals surface area contributed by atoms with Crippen LogP contribution in [0.2, 0.25) is 0 Å². The molecule has 1 aromatic carbocycles. The van der Waals surface area contributed by atoms with Crippen LogP contribution in [0.5, 0.6) is 0 Å². The lowest BCUT2D eigenvalue weighted by atomic mass is 9.96. The molecule has 1 saturated carbocycles. The van der Waals surface area contributed by atoms with Crippen molar-refractivity contribution in [2.24, 2.45) is 11.7 Å². The molecule has 1 aliphatic heterocycles. The number of rotatable bonds is 4. The summed E-state index contributed by atoms with van der Waals surface area (Å²) in [5, 5.41) is 2.94. The van der Waals surface area contributed by atoms with Crippen LogP contribution in [0.4, 0.5) is 11.4 Å². The molecule has 4 nitrogen and oxygen atoms in total. The second-order valence-electron chi connectivity index (χ2n) is 6.25. The zero-order valence-corrected chi connectivity index (χ0v) is 12.1. The quantitative estimate of drug-likeness (QED) is 0.885. The van der Waals surface area contributed by atoms with E-state index in [1.165, 1.54) is 18.5 Å². The van der Waals surface area contributed by atoms with Gasteiger partial charge in [0.05, 0.1) is 5.54 Å². The molecule has 1 amide bonds. The van der Waals surface area contributed by atoms with Gasteiger partial charge in [-0.3, -0.25) is 4.79 Å². The van der Waals surface area contributed by atoms with Crippen molar-refractivity contribution in [1.29, 1.82) is 0 Å². The zero-order valence-electron chi connectivity index (χ0n) is 12.1. The number of carbonyl (C=O) groups excluding carboxylic acids is 1. The molecular formula is C16H23N3O. The van der Waals surface area contributed by atoms with E-state index < -0.39 is 5.54 Å². The van der Waals surface area contributed by atoms with Gasteiger partial charge in [-0.05, 0) is 62.8 Å². The molecule has 1 saturated heterocycles. The minimum atomic E-state index is -0.742. The lowest BCUT2D eigenvalue weighted by Crippen LogP contribution is -2.50. The Morgan fingerprint density at radius 2 is 1.85 bits per heavy atom. The normalized spacial score (nSPS) is 21.6. The Morgan fingerprint density at radius 1 is 1.25 bits per heavy atom. The first-order valence-corrected chi connectivity index (χ1v) is 7.53. The second kappa shape index (κ2) is 5.09. The molecule has 1 heterocycles. The number of nitrogens with one attached hydrogen (secondary N) is 1. The Labute approximate surface area is 120 Å². The third kappa shape index (κ3) is 2.66. The van der Waals surface area contributed by atoms with Gasteiger partial charge in [-0.15, -0.1) is 0 Å². The van der Waals surface area contributed by atoms with E-state index in [1.54, 1.807) is 0 Å². The average Bonchev–Trinajstić information content (AvgIpc) is 3.17. The number of hydrogen-bond acceptors (Lipinski definition) is 3. The van der Waals surface area contributed by atoms with Crippen molar-refractivity contribution in [2.75, 3.05) is 23.3 Å². The van der Waals surface area contributed by atoms with Crippen molar-refractivity contribution in [3.05, 3.63) is 24.3 Å². The molecule has 0 spiro atoms. The molecule has 0 aromatic heterocycles. The summed E-state index contributed by atoms with van der Waals surface area (Å²) in [4.78, 5) is 14.6. The van der Waals surface area contributed by atoms with Gasteiger partial charge in [0.25, 0.3) is 0 Å².